The average Bonchev–Trinajstić information content (AvgIpc) is 2.70. The molecule has 3 aromatic carbocycles. The van der Waals surface area contributed by atoms with Crippen molar-refractivity contribution in [1.82, 2.24) is 0 Å². The van der Waals surface area contributed by atoms with Gasteiger partial charge in [0.25, 0.3) is 5.91 Å². The molecule has 0 bridgehead atoms. The minimum atomic E-state index is -0.186. The Morgan fingerprint density at radius 3 is 2.36 bits per heavy atom. The average molecular weight is 599 g/mol. The van der Waals surface area contributed by atoms with Gasteiger partial charge >= 0.3 is 0 Å². The molecule has 0 radical (unpaired) electrons. The van der Waals surface area contributed by atoms with E-state index in [2.05, 4.69) is 50.5 Å². The van der Waals surface area contributed by atoms with Crippen LogP contribution >= 0.6 is 45.2 Å². The van der Waals surface area contributed by atoms with Crippen LogP contribution in [0.25, 0.3) is 0 Å². The lowest BCUT2D eigenvalue weighted by Gasteiger charge is -2.16. The molecular formula is C22H19I2NO3. The van der Waals surface area contributed by atoms with Crippen molar-refractivity contribution in [3.05, 3.63) is 85.0 Å². The number of nitrogens with one attached hydrogen (secondary N) is 1. The Balaban J connectivity index is 1.86. The van der Waals surface area contributed by atoms with Gasteiger partial charge < -0.3 is 14.8 Å². The summed E-state index contributed by atoms with van der Waals surface area (Å²) in [5.41, 5.74) is 2.35. The first-order valence-corrected chi connectivity index (χ1v) is 10.9. The third kappa shape index (κ3) is 5.38. The molecule has 28 heavy (non-hydrogen) atoms. The minimum Gasteiger partial charge on any atom is -0.489 e. The third-order valence-corrected chi connectivity index (χ3v) is 5.66. The molecular weight excluding hydrogens is 580 g/mol. The number of rotatable bonds is 7. The molecule has 0 aliphatic heterocycles. The number of carbonyl (C=O) groups is 1. The summed E-state index contributed by atoms with van der Waals surface area (Å²) in [6, 6.07) is 21.1. The van der Waals surface area contributed by atoms with Crippen LogP contribution in [0, 0.1) is 7.14 Å². The van der Waals surface area contributed by atoms with Gasteiger partial charge in [-0.2, -0.15) is 0 Å². The molecule has 6 heteroatoms. The van der Waals surface area contributed by atoms with E-state index in [0.717, 1.165) is 18.4 Å². The van der Waals surface area contributed by atoms with Crippen LogP contribution in [0.2, 0.25) is 0 Å². The lowest BCUT2D eigenvalue weighted by molar-refractivity contribution is 0.102. The quantitative estimate of drug-likeness (QED) is 0.333. The van der Waals surface area contributed by atoms with Gasteiger partial charge in [-0.05, 0) is 81.9 Å². The number of para-hydroxylation sites is 1. The SMILES string of the molecule is CCOc1c(I)cc(C(=O)Nc2ccccc2I)cc1OCc1ccccc1. The molecule has 0 fully saturated rings. The van der Waals surface area contributed by atoms with Crippen molar-refractivity contribution in [2.24, 2.45) is 0 Å². The zero-order chi connectivity index (χ0) is 19.9. The second kappa shape index (κ2) is 10.1. The van der Waals surface area contributed by atoms with Gasteiger partial charge in [-0.25, -0.2) is 0 Å². The van der Waals surface area contributed by atoms with Crippen molar-refractivity contribution in [1.29, 1.82) is 0 Å². The second-order valence-corrected chi connectivity index (χ2v) is 8.25. The van der Waals surface area contributed by atoms with Gasteiger partial charge in [0.1, 0.15) is 6.61 Å². The Bertz CT molecular complexity index is 961. The molecule has 0 heterocycles. The topological polar surface area (TPSA) is 47.6 Å². The lowest BCUT2D eigenvalue weighted by atomic mass is 10.1. The highest BCUT2D eigenvalue weighted by atomic mass is 127. The first-order chi connectivity index (χ1) is 13.6. The first kappa shape index (κ1) is 20.9. The standard InChI is InChI=1S/C22H19I2NO3/c1-2-27-21-18(24)12-16(22(26)25-19-11-7-6-10-17(19)23)13-20(21)28-14-15-8-4-3-5-9-15/h3-13H,2,14H2,1H3,(H,25,26). The molecule has 1 amide bonds. The number of ether oxygens (including phenoxy) is 2. The molecule has 0 atom stereocenters. The van der Waals surface area contributed by atoms with E-state index >= 15 is 0 Å². The van der Waals surface area contributed by atoms with Crippen LogP contribution in [0.3, 0.4) is 0 Å². The summed E-state index contributed by atoms with van der Waals surface area (Å²) in [4.78, 5) is 12.8. The van der Waals surface area contributed by atoms with Crippen molar-refractivity contribution in [3.63, 3.8) is 0 Å². The third-order valence-electron chi connectivity index (χ3n) is 3.92. The van der Waals surface area contributed by atoms with Gasteiger partial charge in [-0.3, -0.25) is 4.79 Å². The second-order valence-electron chi connectivity index (χ2n) is 5.93. The van der Waals surface area contributed by atoms with E-state index in [0.29, 0.717) is 30.3 Å². The summed E-state index contributed by atoms with van der Waals surface area (Å²) in [6.45, 7) is 2.85. The number of anilines is 1. The minimum absolute atomic E-state index is 0.186. The summed E-state index contributed by atoms with van der Waals surface area (Å²) in [5.74, 6) is 1.03. The smallest absolute Gasteiger partial charge is 0.255 e. The summed E-state index contributed by atoms with van der Waals surface area (Å²) in [7, 11) is 0. The van der Waals surface area contributed by atoms with Crippen LogP contribution in [-0.4, -0.2) is 12.5 Å². The number of carbonyl (C=O) groups excluding carboxylic acids is 1. The van der Waals surface area contributed by atoms with Crippen molar-refractivity contribution in [3.8, 4) is 11.5 Å². The molecule has 3 rings (SSSR count). The zero-order valence-corrected chi connectivity index (χ0v) is 19.6. The normalized spacial score (nSPS) is 10.4. The Morgan fingerprint density at radius 2 is 1.64 bits per heavy atom. The van der Waals surface area contributed by atoms with Gasteiger partial charge in [-0.15, -0.1) is 0 Å². The molecule has 1 N–H and O–H groups in total. The van der Waals surface area contributed by atoms with Crippen molar-refractivity contribution >= 4 is 56.8 Å². The first-order valence-electron chi connectivity index (χ1n) is 8.77. The van der Waals surface area contributed by atoms with Crippen LogP contribution in [0.4, 0.5) is 5.69 Å². The van der Waals surface area contributed by atoms with Crippen molar-refractivity contribution < 1.29 is 14.3 Å². The number of benzene rings is 3. The van der Waals surface area contributed by atoms with Crippen LogP contribution in [-0.2, 0) is 6.61 Å². The highest BCUT2D eigenvalue weighted by Crippen LogP contribution is 2.35. The van der Waals surface area contributed by atoms with E-state index in [1.807, 2.05) is 67.6 Å². The molecule has 0 saturated heterocycles. The van der Waals surface area contributed by atoms with Gasteiger partial charge in [0.05, 0.1) is 15.9 Å². The van der Waals surface area contributed by atoms with E-state index in [1.165, 1.54) is 0 Å². The van der Waals surface area contributed by atoms with Gasteiger partial charge in [0, 0.05) is 9.13 Å². The molecule has 4 nitrogen and oxygen atoms in total. The van der Waals surface area contributed by atoms with E-state index in [4.69, 9.17) is 9.47 Å². The Morgan fingerprint density at radius 1 is 0.929 bits per heavy atom. The highest BCUT2D eigenvalue weighted by Gasteiger charge is 2.17. The molecule has 0 spiro atoms. The fraction of sp³-hybridized carbons (Fsp3) is 0.136. The van der Waals surface area contributed by atoms with Gasteiger partial charge in [-0.1, -0.05) is 42.5 Å². The van der Waals surface area contributed by atoms with E-state index < -0.39 is 0 Å². The molecule has 3 aromatic rings. The molecule has 0 unspecified atom stereocenters. The summed E-state index contributed by atoms with van der Waals surface area (Å²) in [5, 5.41) is 2.96. The summed E-state index contributed by atoms with van der Waals surface area (Å²) >= 11 is 4.38. The fourth-order valence-corrected chi connectivity index (χ4v) is 3.86. The van der Waals surface area contributed by atoms with Crippen LogP contribution < -0.4 is 14.8 Å². The van der Waals surface area contributed by atoms with E-state index in [9.17, 15) is 4.79 Å². The van der Waals surface area contributed by atoms with Gasteiger partial charge in [0.2, 0.25) is 0 Å². The van der Waals surface area contributed by atoms with Crippen molar-refractivity contribution in [2.75, 3.05) is 11.9 Å². The van der Waals surface area contributed by atoms with E-state index in [1.54, 1.807) is 6.07 Å². The predicted molar refractivity (Wildman–Crippen MR) is 128 cm³/mol. The predicted octanol–water partition coefficient (Wildman–Crippen LogP) is 6.13. The van der Waals surface area contributed by atoms with E-state index in [-0.39, 0.29) is 5.91 Å². The highest BCUT2D eigenvalue weighted by molar-refractivity contribution is 14.1. The number of hydrogen-bond donors (Lipinski definition) is 1. The zero-order valence-electron chi connectivity index (χ0n) is 15.2. The maximum Gasteiger partial charge on any atom is 0.255 e. The Kier molecular flexibility index (Phi) is 7.55. The van der Waals surface area contributed by atoms with Crippen molar-refractivity contribution in [2.45, 2.75) is 13.5 Å². The maximum absolute atomic E-state index is 12.8. The Hall–Kier alpha value is -1.81. The molecule has 0 aliphatic rings. The molecule has 144 valence electrons. The largest absolute Gasteiger partial charge is 0.489 e. The number of amides is 1. The number of hydrogen-bond acceptors (Lipinski definition) is 3. The van der Waals surface area contributed by atoms with Crippen LogP contribution in [0.15, 0.2) is 66.7 Å². The van der Waals surface area contributed by atoms with Crippen LogP contribution in [0.1, 0.15) is 22.8 Å². The maximum atomic E-state index is 12.8. The fourth-order valence-electron chi connectivity index (χ4n) is 2.58. The summed E-state index contributed by atoms with van der Waals surface area (Å²) < 4.78 is 13.6. The monoisotopic (exact) mass is 599 g/mol. The summed E-state index contributed by atoms with van der Waals surface area (Å²) in [6.07, 6.45) is 0. The molecule has 0 aromatic heterocycles. The number of halogens is 2. The molecule has 0 saturated carbocycles. The molecule has 0 aliphatic carbocycles. The van der Waals surface area contributed by atoms with Gasteiger partial charge in [0.15, 0.2) is 11.5 Å². The Labute approximate surface area is 191 Å². The lowest BCUT2D eigenvalue weighted by Crippen LogP contribution is -2.14. The van der Waals surface area contributed by atoms with Crippen LogP contribution in [0.5, 0.6) is 11.5 Å².